The normalized spacial score (nSPS) is 16.4. The lowest BCUT2D eigenvalue weighted by molar-refractivity contribution is -0.115. The molecule has 28 heavy (non-hydrogen) atoms. The summed E-state index contributed by atoms with van der Waals surface area (Å²) >= 11 is 6.82. The lowest BCUT2D eigenvalue weighted by Gasteiger charge is -2.33. The van der Waals surface area contributed by atoms with Crippen molar-refractivity contribution >= 4 is 45.7 Å². The van der Waals surface area contributed by atoms with Gasteiger partial charge in [0.1, 0.15) is 16.8 Å². The van der Waals surface area contributed by atoms with Crippen LogP contribution in [0.3, 0.4) is 0 Å². The zero-order chi connectivity index (χ0) is 20.3. The number of thiocarbonyl (C=S) groups is 1. The first-order valence-corrected chi connectivity index (χ1v) is 10.4. The predicted molar refractivity (Wildman–Crippen MR) is 116 cm³/mol. The molecule has 7 heteroatoms. The number of fused-ring (bicyclic) bond motifs is 1. The number of nitriles is 1. The SMILES string of the molecule is CC(C)(C)C1CCc2c(sc(NC(=S)NC(=O)/C=C/c3ccco3)c2C#N)C1. The van der Waals surface area contributed by atoms with Crippen LogP contribution in [0, 0.1) is 22.7 Å². The molecule has 2 aromatic heterocycles. The second kappa shape index (κ2) is 8.29. The third-order valence-corrected chi connectivity index (χ3v) is 6.38. The molecule has 0 fully saturated rings. The quantitative estimate of drug-likeness (QED) is 0.553. The number of carbonyl (C=O) groups is 1. The highest BCUT2D eigenvalue weighted by Crippen LogP contribution is 2.43. The van der Waals surface area contributed by atoms with Gasteiger partial charge in [-0.25, -0.2) is 0 Å². The molecule has 2 aromatic rings. The molecule has 1 aliphatic rings. The van der Waals surface area contributed by atoms with Gasteiger partial charge in [-0.1, -0.05) is 20.8 Å². The van der Waals surface area contributed by atoms with E-state index in [1.165, 1.54) is 17.2 Å². The van der Waals surface area contributed by atoms with E-state index in [9.17, 15) is 10.1 Å². The Balaban J connectivity index is 1.67. The number of thiophene rings is 1. The van der Waals surface area contributed by atoms with Crippen LogP contribution >= 0.6 is 23.6 Å². The van der Waals surface area contributed by atoms with Crippen molar-refractivity contribution in [3.8, 4) is 6.07 Å². The smallest absolute Gasteiger partial charge is 0.250 e. The van der Waals surface area contributed by atoms with E-state index < -0.39 is 0 Å². The fourth-order valence-electron chi connectivity index (χ4n) is 3.36. The number of rotatable bonds is 3. The molecular formula is C21H23N3O2S2. The molecule has 1 aliphatic carbocycles. The molecule has 5 nitrogen and oxygen atoms in total. The van der Waals surface area contributed by atoms with Crippen LogP contribution in [0.15, 0.2) is 28.9 Å². The Morgan fingerprint density at radius 2 is 2.25 bits per heavy atom. The van der Waals surface area contributed by atoms with Gasteiger partial charge in [-0.3, -0.25) is 10.1 Å². The fraction of sp³-hybridized carbons (Fsp3) is 0.381. The van der Waals surface area contributed by atoms with Crippen LogP contribution in [0.5, 0.6) is 0 Å². The molecule has 2 N–H and O–H groups in total. The standard InChI is InChI=1S/C21H23N3O2S2/c1-21(2,3)13-6-8-15-16(12-22)19(28-17(15)11-13)24-20(27)23-18(25)9-7-14-5-4-10-26-14/h4-5,7,9-10,13H,6,8,11H2,1-3H3,(H2,23,24,25,27)/b9-7+. The Morgan fingerprint density at radius 3 is 2.89 bits per heavy atom. The average Bonchev–Trinajstić information content (AvgIpc) is 3.25. The minimum Gasteiger partial charge on any atom is -0.465 e. The van der Waals surface area contributed by atoms with Gasteiger partial charge >= 0.3 is 0 Å². The van der Waals surface area contributed by atoms with Crippen LogP contribution < -0.4 is 10.6 Å². The van der Waals surface area contributed by atoms with Gasteiger partial charge in [0.15, 0.2) is 5.11 Å². The molecule has 3 rings (SSSR count). The second-order valence-electron chi connectivity index (χ2n) is 7.92. The molecule has 2 heterocycles. The highest BCUT2D eigenvalue weighted by Gasteiger charge is 2.32. The maximum atomic E-state index is 12.0. The Kier molecular flexibility index (Phi) is 6.01. The lowest BCUT2D eigenvalue weighted by atomic mass is 9.72. The Morgan fingerprint density at radius 1 is 1.46 bits per heavy atom. The van der Waals surface area contributed by atoms with E-state index in [2.05, 4.69) is 37.5 Å². The molecule has 0 saturated heterocycles. The monoisotopic (exact) mass is 413 g/mol. The van der Waals surface area contributed by atoms with Gasteiger partial charge in [0, 0.05) is 11.0 Å². The summed E-state index contributed by atoms with van der Waals surface area (Å²) in [7, 11) is 0. The third kappa shape index (κ3) is 4.70. The van der Waals surface area contributed by atoms with E-state index >= 15 is 0 Å². The van der Waals surface area contributed by atoms with Crippen molar-refractivity contribution in [3.63, 3.8) is 0 Å². The van der Waals surface area contributed by atoms with Crippen LogP contribution in [0.2, 0.25) is 0 Å². The summed E-state index contributed by atoms with van der Waals surface area (Å²) in [4.78, 5) is 13.3. The Bertz CT molecular complexity index is 944. The van der Waals surface area contributed by atoms with E-state index in [1.54, 1.807) is 29.5 Å². The summed E-state index contributed by atoms with van der Waals surface area (Å²) < 4.78 is 5.14. The molecule has 146 valence electrons. The third-order valence-electron chi connectivity index (χ3n) is 5.01. The number of nitrogens with one attached hydrogen (secondary N) is 2. The van der Waals surface area contributed by atoms with Gasteiger partial charge < -0.3 is 9.73 Å². The first kappa shape index (κ1) is 20.3. The van der Waals surface area contributed by atoms with Crippen molar-refractivity contribution in [1.82, 2.24) is 5.32 Å². The van der Waals surface area contributed by atoms with Crippen molar-refractivity contribution < 1.29 is 9.21 Å². The summed E-state index contributed by atoms with van der Waals surface area (Å²) in [5.74, 6) is 0.818. The van der Waals surface area contributed by atoms with Gasteiger partial charge in [0.05, 0.1) is 11.8 Å². The molecule has 1 atom stereocenters. The first-order valence-electron chi connectivity index (χ1n) is 9.16. The molecule has 0 saturated carbocycles. The summed E-state index contributed by atoms with van der Waals surface area (Å²) in [6, 6.07) is 5.81. The Labute approximate surface area is 174 Å². The number of furan rings is 1. The van der Waals surface area contributed by atoms with Crippen LogP contribution in [0.4, 0.5) is 5.00 Å². The number of anilines is 1. The second-order valence-corrected chi connectivity index (χ2v) is 9.43. The highest BCUT2D eigenvalue weighted by molar-refractivity contribution is 7.80. The van der Waals surface area contributed by atoms with E-state index in [4.69, 9.17) is 16.6 Å². The number of amides is 1. The number of carbonyl (C=O) groups excluding carboxylic acids is 1. The fourth-order valence-corrected chi connectivity index (χ4v) is 4.91. The molecule has 0 spiro atoms. The van der Waals surface area contributed by atoms with E-state index in [0.717, 1.165) is 24.8 Å². The predicted octanol–water partition coefficient (Wildman–Crippen LogP) is 4.89. The molecular weight excluding hydrogens is 390 g/mol. The minimum atomic E-state index is -0.360. The van der Waals surface area contributed by atoms with Crippen molar-refractivity contribution in [2.75, 3.05) is 5.32 Å². The molecule has 0 aromatic carbocycles. The van der Waals surface area contributed by atoms with Crippen LogP contribution in [-0.4, -0.2) is 11.0 Å². The van der Waals surface area contributed by atoms with Crippen molar-refractivity contribution in [2.24, 2.45) is 11.3 Å². The van der Waals surface area contributed by atoms with Crippen LogP contribution in [0.25, 0.3) is 6.08 Å². The lowest BCUT2D eigenvalue weighted by Crippen LogP contribution is -2.32. The van der Waals surface area contributed by atoms with Gasteiger partial charge in [-0.2, -0.15) is 5.26 Å². The molecule has 0 bridgehead atoms. The summed E-state index contributed by atoms with van der Waals surface area (Å²) in [5, 5.41) is 16.2. The highest BCUT2D eigenvalue weighted by atomic mass is 32.1. The first-order chi connectivity index (χ1) is 13.3. The van der Waals surface area contributed by atoms with Gasteiger partial charge in [-0.15, -0.1) is 11.3 Å². The van der Waals surface area contributed by atoms with Crippen molar-refractivity contribution in [1.29, 1.82) is 5.26 Å². The topological polar surface area (TPSA) is 78.1 Å². The van der Waals surface area contributed by atoms with Crippen LogP contribution in [0.1, 0.15) is 49.0 Å². The van der Waals surface area contributed by atoms with E-state index in [1.807, 2.05) is 0 Å². The largest absolute Gasteiger partial charge is 0.465 e. The molecule has 1 unspecified atom stereocenters. The van der Waals surface area contributed by atoms with E-state index in [-0.39, 0.29) is 16.4 Å². The minimum absolute atomic E-state index is 0.177. The van der Waals surface area contributed by atoms with E-state index in [0.29, 0.717) is 22.2 Å². The summed E-state index contributed by atoms with van der Waals surface area (Å²) in [6.07, 6.45) is 7.42. The van der Waals surface area contributed by atoms with Crippen molar-refractivity contribution in [3.05, 3.63) is 46.2 Å². The summed E-state index contributed by atoms with van der Waals surface area (Å²) in [5.41, 5.74) is 2.02. The number of nitrogens with zero attached hydrogens (tertiary/aromatic N) is 1. The number of hydrogen-bond acceptors (Lipinski definition) is 5. The zero-order valence-electron chi connectivity index (χ0n) is 16.2. The maximum Gasteiger partial charge on any atom is 0.250 e. The molecule has 1 amide bonds. The van der Waals surface area contributed by atoms with Gasteiger partial charge in [0.2, 0.25) is 5.91 Å². The summed E-state index contributed by atoms with van der Waals surface area (Å²) in [6.45, 7) is 6.80. The molecule has 0 radical (unpaired) electrons. The van der Waals surface area contributed by atoms with Gasteiger partial charge in [0.25, 0.3) is 0 Å². The van der Waals surface area contributed by atoms with Gasteiger partial charge in [-0.05, 0) is 66.6 Å². The van der Waals surface area contributed by atoms with Crippen molar-refractivity contribution in [2.45, 2.75) is 40.0 Å². The number of hydrogen-bond donors (Lipinski definition) is 2. The Hall–Kier alpha value is -2.43. The zero-order valence-corrected chi connectivity index (χ0v) is 17.8. The maximum absolute atomic E-state index is 12.0. The van der Waals surface area contributed by atoms with Crippen LogP contribution in [-0.2, 0) is 17.6 Å². The average molecular weight is 414 g/mol. The molecule has 0 aliphatic heterocycles.